The number of hydrogen-bond donors (Lipinski definition) is 1. The summed E-state index contributed by atoms with van der Waals surface area (Å²) in [5, 5.41) is 2.90. The molecular formula is C23H28FN3O2. The fourth-order valence-corrected chi connectivity index (χ4v) is 3.66. The largest absolute Gasteiger partial charge is 0.345 e. The molecule has 154 valence electrons. The van der Waals surface area contributed by atoms with Crippen LogP contribution in [0.4, 0.5) is 10.1 Å². The first kappa shape index (κ1) is 21.0. The topological polar surface area (TPSA) is 52.7 Å². The van der Waals surface area contributed by atoms with Gasteiger partial charge in [-0.3, -0.25) is 14.5 Å². The van der Waals surface area contributed by atoms with Gasteiger partial charge < -0.3 is 10.2 Å². The molecule has 1 fully saturated rings. The molecule has 2 aromatic carbocycles. The minimum Gasteiger partial charge on any atom is -0.345 e. The van der Waals surface area contributed by atoms with Gasteiger partial charge in [-0.1, -0.05) is 12.1 Å². The number of halogens is 1. The van der Waals surface area contributed by atoms with Crippen LogP contribution in [0.5, 0.6) is 0 Å². The van der Waals surface area contributed by atoms with E-state index in [9.17, 15) is 14.0 Å². The Kier molecular flexibility index (Phi) is 6.99. The third-order valence-electron chi connectivity index (χ3n) is 5.33. The second-order valence-electron chi connectivity index (χ2n) is 7.88. The van der Waals surface area contributed by atoms with Crippen molar-refractivity contribution < 1.29 is 14.0 Å². The first-order chi connectivity index (χ1) is 13.9. The Bertz CT molecular complexity index is 826. The molecule has 2 aromatic rings. The quantitative estimate of drug-likeness (QED) is 0.813. The molecule has 0 unspecified atom stereocenters. The number of piperidine rings is 1. The highest BCUT2D eigenvalue weighted by Crippen LogP contribution is 2.22. The molecule has 0 bridgehead atoms. The number of benzene rings is 2. The van der Waals surface area contributed by atoms with Crippen LogP contribution >= 0.6 is 0 Å². The van der Waals surface area contributed by atoms with Crippen molar-refractivity contribution in [3.05, 3.63) is 65.5 Å². The molecule has 2 amide bonds. The summed E-state index contributed by atoms with van der Waals surface area (Å²) in [6, 6.07) is 13.7. The van der Waals surface area contributed by atoms with E-state index in [2.05, 4.69) is 10.2 Å². The molecule has 0 radical (unpaired) electrons. The standard InChI is InChI=1S/C23H28FN3O2/c1-26(2)23(29)19-5-9-21(10-6-19)25-22(28)16-27-13-11-18(12-14-27)15-17-3-7-20(24)8-4-17/h3-10,18H,11-16H2,1-2H3,(H,25,28). The van der Waals surface area contributed by atoms with E-state index in [-0.39, 0.29) is 17.6 Å². The molecule has 0 aliphatic carbocycles. The van der Waals surface area contributed by atoms with Gasteiger partial charge in [-0.2, -0.15) is 0 Å². The van der Waals surface area contributed by atoms with Crippen molar-refractivity contribution >= 4 is 17.5 Å². The number of carbonyl (C=O) groups is 2. The Morgan fingerprint density at radius 1 is 1.03 bits per heavy atom. The van der Waals surface area contributed by atoms with Crippen LogP contribution < -0.4 is 5.32 Å². The van der Waals surface area contributed by atoms with Crippen LogP contribution in [0.25, 0.3) is 0 Å². The van der Waals surface area contributed by atoms with E-state index in [0.29, 0.717) is 23.7 Å². The van der Waals surface area contributed by atoms with E-state index >= 15 is 0 Å². The summed E-state index contributed by atoms with van der Waals surface area (Å²) in [6.07, 6.45) is 3.02. The van der Waals surface area contributed by atoms with Gasteiger partial charge in [-0.05, 0) is 80.2 Å². The monoisotopic (exact) mass is 397 g/mol. The number of carbonyl (C=O) groups excluding carboxylic acids is 2. The minimum atomic E-state index is -0.200. The SMILES string of the molecule is CN(C)C(=O)c1ccc(NC(=O)CN2CCC(Cc3ccc(F)cc3)CC2)cc1. The maximum atomic E-state index is 13.0. The predicted molar refractivity (Wildman–Crippen MR) is 112 cm³/mol. The molecular weight excluding hydrogens is 369 g/mol. The highest BCUT2D eigenvalue weighted by molar-refractivity contribution is 5.96. The van der Waals surface area contributed by atoms with Crippen molar-refractivity contribution in [3.8, 4) is 0 Å². The number of hydrogen-bond acceptors (Lipinski definition) is 3. The van der Waals surface area contributed by atoms with Gasteiger partial charge in [0, 0.05) is 25.3 Å². The molecule has 5 nitrogen and oxygen atoms in total. The van der Waals surface area contributed by atoms with Gasteiger partial charge in [0.05, 0.1) is 6.54 Å². The normalized spacial score (nSPS) is 15.1. The average Bonchev–Trinajstić information content (AvgIpc) is 2.71. The number of nitrogens with one attached hydrogen (secondary N) is 1. The van der Waals surface area contributed by atoms with Crippen LogP contribution in [0.15, 0.2) is 48.5 Å². The first-order valence-electron chi connectivity index (χ1n) is 9.99. The molecule has 1 aliphatic rings. The summed E-state index contributed by atoms with van der Waals surface area (Å²) < 4.78 is 13.0. The Hall–Kier alpha value is -2.73. The summed E-state index contributed by atoms with van der Waals surface area (Å²) >= 11 is 0. The van der Waals surface area contributed by atoms with E-state index in [4.69, 9.17) is 0 Å². The van der Waals surface area contributed by atoms with Gasteiger partial charge in [-0.25, -0.2) is 4.39 Å². The second kappa shape index (κ2) is 9.65. The third-order valence-corrected chi connectivity index (χ3v) is 5.33. The lowest BCUT2D eigenvalue weighted by Crippen LogP contribution is -2.39. The lowest BCUT2D eigenvalue weighted by Gasteiger charge is -2.31. The zero-order valence-electron chi connectivity index (χ0n) is 17.0. The fraction of sp³-hybridized carbons (Fsp3) is 0.391. The lowest BCUT2D eigenvalue weighted by molar-refractivity contribution is -0.117. The molecule has 1 saturated heterocycles. The van der Waals surface area contributed by atoms with Crippen LogP contribution in [0, 0.1) is 11.7 Å². The Morgan fingerprint density at radius 2 is 1.66 bits per heavy atom. The minimum absolute atomic E-state index is 0.0475. The maximum absolute atomic E-state index is 13.0. The molecule has 6 heteroatoms. The number of likely N-dealkylation sites (tertiary alicyclic amines) is 1. The van der Waals surface area contributed by atoms with Crippen LogP contribution in [-0.2, 0) is 11.2 Å². The second-order valence-corrected chi connectivity index (χ2v) is 7.88. The van der Waals surface area contributed by atoms with Gasteiger partial charge in [-0.15, -0.1) is 0 Å². The lowest BCUT2D eigenvalue weighted by atomic mass is 9.90. The van der Waals surface area contributed by atoms with Crippen LogP contribution in [0.1, 0.15) is 28.8 Å². The van der Waals surface area contributed by atoms with E-state index in [1.165, 1.54) is 22.6 Å². The average molecular weight is 397 g/mol. The molecule has 0 saturated carbocycles. The summed E-state index contributed by atoms with van der Waals surface area (Å²) in [5.41, 5.74) is 2.45. The van der Waals surface area contributed by atoms with Gasteiger partial charge in [0.25, 0.3) is 5.91 Å². The van der Waals surface area contributed by atoms with E-state index in [1.807, 2.05) is 12.1 Å². The van der Waals surface area contributed by atoms with Gasteiger partial charge in [0.2, 0.25) is 5.91 Å². The molecule has 3 rings (SSSR count). The fourth-order valence-electron chi connectivity index (χ4n) is 3.66. The zero-order valence-corrected chi connectivity index (χ0v) is 17.0. The molecule has 29 heavy (non-hydrogen) atoms. The Balaban J connectivity index is 1.42. The van der Waals surface area contributed by atoms with Crippen LogP contribution in [-0.4, -0.2) is 55.3 Å². The number of anilines is 1. The predicted octanol–water partition coefficient (Wildman–Crippen LogP) is 3.42. The summed E-state index contributed by atoms with van der Waals surface area (Å²) in [6.45, 7) is 2.13. The van der Waals surface area contributed by atoms with E-state index < -0.39 is 0 Å². The van der Waals surface area contributed by atoms with Gasteiger partial charge in [0.1, 0.15) is 5.82 Å². The maximum Gasteiger partial charge on any atom is 0.253 e. The zero-order chi connectivity index (χ0) is 20.8. The molecule has 0 spiro atoms. The molecule has 0 atom stereocenters. The van der Waals surface area contributed by atoms with Crippen molar-refractivity contribution in [2.75, 3.05) is 39.0 Å². The van der Waals surface area contributed by atoms with Crippen LogP contribution in [0.3, 0.4) is 0 Å². The van der Waals surface area contributed by atoms with Gasteiger partial charge >= 0.3 is 0 Å². The highest BCUT2D eigenvalue weighted by Gasteiger charge is 2.21. The van der Waals surface area contributed by atoms with Crippen molar-refractivity contribution in [3.63, 3.8) is 0 Å². The number of rotatable bonds is 6. The number of nitrogens with zero attached hydrogens (tertiary/aromatic N) is 2. The molecule has 1 N–H and O–H groups in total. The van der Waals surface area contributed by atoms with Crippen molar-refractivity contribution in [2.24, 2.45) is 5.92 Å². The number of amides is 2. The molecule has 0 aromatic heterocycles. The molecule has 1 heterocycles. The Morgan fingerprint density at radius 3 is 2.24 bits per heavy atom. The van der Waals surface area contributed by atoms with Crippen molar-refractivity contribution in [1.82, 2.24) is 9.80 Å². The Labute approximate surface area is 171 Å². The van der Waals surface area contributed by atoms with Gasteiger partial charge in [0.15, 0.2) is 0 Å². The first-order valence-corrected chi connectivity index (χ1v) is 9.99. The third kappa shape index (κ3) is 6.12. The van der Waals surface area contributed by atoms with Crippen molar-refractivity contribution in [1.29, 1.82) is 0 Å². The van der Waals surface area contributed by atoms with Crippen molar-refractivity contribution in [2.45, 2.75) is 19.3 Å². The van der Waals surface area contributed by atoms with Crippen LogP contribution in [0.2, 0.25) is 0 Å². The van der Waals surface area contributed by atoms with E-state index in [1.54, 1.807) is 38.4 Å². The highest BCUT2D eigenvalue weighted by atomic mass is 19.1. The van der Waals surface area contributed by atoms with E-state index in [0.717, 1.165) is 32.4 Å². The smallest absolute Gasteiger partial charge is 0.253 e. The summed E-state index contributed by atoms with van der Waals surface area (Å²) in [5.74, 6) is 0.259. The summed E-state index contributed by atoms with van der Waals surface area (Å²) in [7, 11) is 3.42. The summed E-state index contributed by atoms with van der Waals surface area (Å²) in [4.78, 5) is 27.9. The molecule has 1 aliphatic heterocycles.